The van der Waals surface area contributed by atoms with E-state index >= 15 is 0 Å². The minimum absolute atomic E-state index is 0.0353. The molecule has 0 aliphatic carbocycles. The van der Waals surface area contributed by atoms with Gasteiger partial charge >= 0.3 is 0 Å². The van der Waals surface area contributed by atoms with Crippen molar-refractivity contribution in [2.75, 3.05) is 14.1 Å². The molecule has 0 radical (unpaired) electrons. The summed E-state index contributed by atoms with van der Waals surface area (Å²) in [5.41, 5.74) is 5.47. The fourth-order valence-electron chi connectivity index (χ4n) is 3.51. The van der Waals surface area contributed by atoms with E-state index in [9.17, 15) is 4.79 Å². The summed E-state index contributed by atoms with van der Waals surface area (Å²) in [5.74, 6) is 0.556. The molecule has 1 N–H and O–H groups in total. The molecule has 2 unspecified atom stereocenters. The zero-order chi connectivity index (χ0) is 24.9. The molecule has 32 heavy (non-hydrogen) atoms. The number of benzene rings is 1. The molecule has 0 aliphatic rings. The van der Waals surface area contributed by atoms with E-state index in [1.54, 1.807) is 7.05 Å². The first-order valence-electron chi connectivity index (χ1n) is 11.6. The van der Waals surface area contributed by atoms with Gasteiger partial charge in [0.1, 0.15) is 13.8 Å². The third-order valence-corrected chi connectivity index (χ3v) is 5.63. The van der Waals surface area contributed by atoms with Crippen molar-refractivity contribution in [3.05, 3.63) is 41.0 Å². The van der Waals surface area contributed by atoms with Crippen LogP contribution in [0.4, 0.5) is 0 Å². The van der Waals surface area contributed by atoms with Gasteiger partial charge in [-0.25, -0.2) is 4.58 Å². The third kappa shape index (κ3) is 11.7. The van der Waals surface area contributed by atoms with Crippen LogP contribution in [-0.4, -0.2) is 50.4 Å². The number of carbonyl (C=O) groups is 3. The Morgan fingerprint density at radius 2 is 1.72 bits per heavy atom. The molecule has 1 aromatic rings. The van der Waals surface area contributed by atoms with E-state index in [0.717, 1.165) is 25.5 Å². The summed E-state index contributed by atoms with van der Waals surface area (Å²) in [6.45, 7) is 13.1. The zero-order valence-corrected chi connectivity index (χ0v) is 21.3. The number of aldehydes is 1. The van der Waals surface area contributed by atoms with Crippen LogP contribution >= 0.6 is 0 Å². The Labute approximate surface area is 196 Å². The highest BCUT2D eigenvalue weighted by molar-refractivity contribution is 5.84. The lowest BCUT2D eigenvalue weighted by molar-refractivity contribution is -0.517. The molecular weight excluding hydrogens is 400 g/mol. The Kier molecular flexibility index (Phi) is 20.1. The zero-order valence-electron chi connectivity index (χ0n) is 21.3. The van der Waals surface area contributed by atoms with Gasteiger partial charge in [-0.05, 0) is 61.3 Å². The van der Waals surface area contributed by atoms with E-state index in [-0.39, 0.29) is 6.04 Å². The van der Waals surface area contributed by atoms with Gasteiger partial charge in [-0.3, -0.25) is 9.59 Å². The molecule has 0 aromatic heterocycles. The topological polar surface area (TPSA) is 66.2 Å². The van der Waals surface area contributed by atoms with Gasteiger partial charge in [0, 0.05) is 19.5 Å². The summed E-state index contributed by atoms with van der Waals surface area (Å²) in [7, 11) is 3.58. The second kappa shape index (κ2) is 20.3. The van der Waals surface area contributed by atoms with Crippen LogP contribution in [0.3, 0.4) is 0 Å². The highest BCUT2D eigenvalue weighted by Crippen LogP contribution is 2.32. The Bertz CT molecular complexity index is 711. The maximum atomic E-state index is 11.4. The fourth-order valence-corrected chi connectivity index (χ4v) is 3.51. The van der Waals surface area contributed by atoms with E-state index in [1.165, 1.54) is 41.5 Å². The Morgan fingerprint density at radius 3 is 2.19 bits per heavy atom. The number of unbranched alkanes of at least 4 members (excludes halogenated alkanes) is 1. The SMILES string of the molecule is C=O.CCCCC(CC)/C(=C/C=[N+](C)C(C=O)CCC)c1cccc(C)c1C.CNC=O. The Morgan fingerprint density at radius 1 is 1.09 bits per heavy atom. The summed E-state index contributed by atoms with van der Waals surface area (Å²) in [5, 5.41) is 2.25. The van der Waals surface area contributed by atoms with Crippen molar-refractivity contribution in [3.8, 4) is 0 Å². The van der Waals surface area contributed by atoms with Gasteiger partial charge in [0.2, 0.25) is 12.5 Å². The van der Waals surface area contributed by atoms with Gasteiger partial charge in [-0.15, -0.1) is 0 Å². The first-order valence-corrected chi connectivity index (χ1v) is 11.6. The van der Waals surface area contributed by atoms with Crippen LogP contribution in [0.2, 0.25) is 0 Å². The maximum Gasteiger partial charge on any atom is 0.207 e. The summed E-state index contributed by atoms with van der Waals surface area (Å²) in [4.78, 5) is 28.5. The van der Waals surface area contributed by atoms with Crippen molar-refractivity contribution in [1.82, 2.24) is 5.32 Å². The smallest absolute Gasteiger partial charge is 0.207 e. The van der Waals surface area contributed by atoms with E-state index in [4.69, 9.17) is 9.59 Å². The molecule has 0 saturated heterocycles. The average Bonchev–Trinajstić information content (AvgIpc) is 2.82. The van der Waals surface area contributed by atoms with Crippen molar-refractivity contribution in [1.29, 1.82) is 0 Å². The van der Waals surface area contributed by atoms with Crippen LogP contribution in [0.25, 0.3) is 5.57 Å². The highest BCUT2D eigenvalue weighted by atomic mass is 16.1. The van der Waals surface area contributed by atoms with Crippen LogP contribution in [0.15, 0.2) is 24.3 Å². The molecule has 5 heteroatoms. The van der Waals surface area contributed by atoms with Gasteiger partial charge in [0.05, 0.1) is 0 Å². The van der Waals surface area contributed by atoms with E-state index < -0.39 is 0 Å². The minimum atomic E-state index is -0.0353. The number of hydrogen-bond donors (Lipinski definition) is 1. The predicted molar refractivity (Wildman–Crippen MR) is 136 cm³/mol. The maximum absolute atomic E-state index is 11.4. The summed E-state index contributed by atoms with van der Waals surface area (Å²) in [6, 6.07) is 6.56. The first-order chi connectivity index (χ1) is 15.4. The van der Waals surface area contributed by atoms with Crippen molar-refractivity contribution in [2.45, 2.75) is 79.2 Å². The van der Waals surface area contributed by atoms with E-state index in [0.29, 0.717) is 12.3 Å². The van der Waals surface area contributed by atoms with Gasteiger partial charge < -0.3 is 10.1 Å². The van der Waals surface area contributed by atoms with Crippen LogP contribution < -0.4 is 5.32 Å². The second-order valence-electron chi connectivity index (χ2n) is 7.83. The Balaban J connectivity index is 0. The van der Waals surface area contributed by atoms with E-state index in [2.05, 4.69) is 75.0 Å². The normalized spacial score (nSPS) is 13.0. The summed E-state index contributed by atoms with van der Waals surface area (Å²) < 4.78 is 2.06. The molecule has 0 saturated carbocycles. The molecule has 1 rings (SSSR count). The van der Waals surface area contributed by atoms with E-state index in [1.807, 2.05) is 13.8 Å². The molecule has 1 amide bonds. The number of aryl methyl sites for hydroxylation is 1. The van der Waals surface area contributed by atoms with Crippen LogP contribution in [0.1, 0.15) is 76.0 Å². The number of nitrogens with zero attached hydrogens (tertiary/aromatic N) is 1. The molecule has 0 fully saturated rings. The van der Waals surface area contributed by atoms with Gasteiger partial charge in [-0.2, -0.15) is 0 Å². The third-order valence-electron chi connectivity index (χ3n) is 5.63. The molecule has 1 aromatic carbocycles. The first kappa shape index (κ1) is 31.6. The number of nitrogens with one attached hydrogen (secondary N) is 1. The van der Waals surface area contributed by atoms with Gasteiger partial charge in [0.25, 0.3) is 0 Å². The Hall–Kier alpha value is -2.56. The molecule has 0 spiro atoms. The lowest BCUT2D eigenvalue weighted by Crippen LogP contribution is -2.25. The van der Waals surface area contributed by atoms with Gasteiger partial charge in [-0.1, -0.05) is 51.8 Å². The molecule has 2 atom stereocenters. The largest absolute Gasteiger partial charge is 0.362 e. The summed E-state index contributed by atoms with van der Waals surface area (Å²) in [6.07, 6.45) is 12.8. The van der Waals surface area contributed by atoms with Crippen molar-refractivity contribution >= 4 is 31.3 Å². The molecular formula is C27H45N2O3+. The second-order valence-corrected chi connectivity index (χ2v) is 7.83. The van der Waals surface area contributed by atoms with Crippen LogP contribution in [0.5, 0.6) is 0 Å². The monoisotopic (exact) mass is 445 g/mol. The molecule has 5 nitrogen and oxygen atoms in total. The average molecular weight is 446 g/mol. The quantitative estimate of drug-likeness (QED) is 0.274. The molecule has 0 bridgehead atoms. The molecule has 0 heterocycles. The fraction of sp³-hybridized carbons (Fsp3) is 0.556. The lowest BCUT2D eigenvalue weighted by atomic mass is 9.84. The van der Waals surface area contributed by atoms with Crippen LogP contribution in [-0.2, 0) is 14.4 Å². The molecule has 0 aliphatic heterocycles. The number of allylic oxidation sites excluding steroid dienone is 2. The number of amides is 1. The standard InChI is InChI=1S/C24H38NO.C2H5NO.CH2O/c1-7-10-14-21(9-3)24(23-15-11-13-19(4)20(23)5)16-17-25(6)22(18-26)12-8-2;1-3-2-4;1-2/h11,13,15-18,21-22H,7-10,12,14H2,1-6H3;2H,1H3,(H,3,4);1H2/q+1;;/b24-16-,25-17?;;. The number of rotatable bonds is 12. The number of carbonyl (C=O) groups excluding carboxylic acids is 3. The van der Waals surface area contributed by atoms with Crippen molar-refractivity contribution in [2.24, 2.45) is 5.92 Å². The lowest BCUT2D eigenvalue weighted by Gasteiger charge is -2.21. The number of hydrogen-bond acceptors (Lipinski definition) is 3. The van der Waals surface area contributed by atoms with Crippen LogP contribution in [0, 0.1) is 19.8 Å². The predicted octanol–water partition coefficient (Wildman–Crippen LogP) is 5.16. The highest BCUT2D eigenvalue weighted by Gasteiger charge is 2.18. The van der Waals surface area contributed by atoms with Crippen molar-refractivity contribution < 1.29 is 19.0 Å². The number of likely N-dealkylation sites (N-methyl/N-ethyl adjacent to an activating group) is 1. The van der Waals surface area contributed by atoms with Gasteiger partial charge in [0.15, 0.2) is 12.5 Å². The minimum Gasteiger partial charge on any atom is -0.362 e. The van der Waals surface area contributed by atoms with Crippen molar-refractivity contribution in [3.63, 3.8) is 0 Å². The molecule has 180 valence electrons. The summed E-state index contributed by atoms with van der Waals surface area (Å²) >= 11 is 0.